The third kappa shape index (κ3) is 1.73. The van der Waals surface area contributed by atoms with Crippen LogP contribution in [0.15, 0.2) is 0 Å². The van der Waals surface area contributed by atoms with E-state index in [1.54, 1.807) is 0 Å². The van der Waals surface area contributed by atoms with Gasteiger partial charge < -0.3 is 10.1 Å². The molecule has 1 heterocycles. The Morgan fingerprint density at radius 1 is 1.45 bits per heavy atom. The first kappa shape index (κ1) is 8.11. The van der Waals surface area contributed by atoms with Crippen molar-refractivity contribution in [2.45, 2.75) is 33.1 Å². The van der Waals surface area contributed by atoms with Crippen LogP contribution in [0.2, 0.25) is 0 Å². The summed E-state index contributed by atoms with van der Waals surface area (Å²) in [4.78, 5) is 7.02. The smallest absolute Gasteiger partial charge is 0.232 e. The van der Waals surface area contributed by atoms with E-state index < -0.39 is 0 Å². The molecule has 2 N–H and O–H groups in total. The molecule has 0 bridgehead atoms. The van der Waals surface area contributed by atoms with Crippen LogP contribution in [-0.4, -0.2) is 15.1 Å². The Labute approximate surface area is 66.5 Å². The summed E-state index contributed by atoms with van der Waals surface area (Å²) in [7, 11) is 0. The Bertz CT molecular complexity index is 230. The lowest BCUT2D eigenvalue weighted by molar-refractivity contribution is 0.448. The number of aromatic hydroxyl groups is 1. The zero-order valence-corrected chi connectivity index (χ0v) is 7.02. The Hall–Kier alpha value is -0.990. The second kappa shape index (κ2) is 3.42. The minimum Gasteiger partial charge on any atom is -0.492 e. The van der Waals surface area contributed by atoms with E-state index in [0.717, 1.165) is 30.8 Å². The molecule has 0 spiro atoms. The Balaban J connectivity index is 2.79. The van der Waals surface area contributed by atoms with Gasteiger partial charge in [-0.05, 0) is 6.42 Å². The number of hydrogen-bond acceptors (Lipinski definition) is 2. The van der Waals surface area contributed by atoms with E-state index in [1.165, 1.54) is 0 Å². The summed E-state index contributed by atoms with van der Waals surface area (Å²) in [6.07, 6.45) is 2.75. The van der Waals surface area contributed by atoms with Gasteiger partial charge >= 0.3 is 0 Å². The number of aromatic nitrogens is 2. The molecule has 0 amide bonds. The van der Waals surface area contributed by atoms with Gasteiger partial charge in [0.05, 0.1) is 5.69 Å². The first-order valence-corrected chi connectivity index (χ1v) is 4.04. The summed E-state index contributed by atoms with van der Waals surface area (Å²) in [5.74, 6) is 1.04. The highest BCUT2D eigenvalue weighted by atomic mass is 16.3. The molecule has 0 fully saturated rings. The molecule has 0 aliphatic carbocycles. The van der Waals surface area contributed by atoms with E-state index in [4.69, 9.17) is 0 Å². The van der Waals surface area contributed by atoms with Gasteiger partial charge in [0, 0.05) is 6.42 Å². The van der Waals surface area contributed by atoms with Crippen molar-refractivity contribution in [2.24, 2.45) is 0 Å². The Kier molecular flexibility index (Phi) is 2.52. The Morgan fingerprint density at radius 2 is 2.18 bits per heavy atom. The van der Waals surface area contributed by atoms with Gasteiger partial charge in [0.15, 0.2) is 0 Å². The van der Waals surface area contributed by atoms with Crippen LogP contribution in [0.1, 0.15) is 31.8 Å². The summed E-state index contributed by atoms with van der Waals surface area (Å²) >= 11 is 0. The molecule has 0 saturated carbocycles. The predicted octanol–water partition coefficient (Wildman–Crippen LogP) is 1.63. The van der Waals surface area contributed by atoms with Crippen LogP contribution < -0.4 is 0 Å². The molecule has 3 nitrogen and oxygen atoms in total. The number of aromatic amines is 1. The maximum Gasteiger partial charge on any atom is 0.232 e. The van der Waals surface area contributed by atoms with E-state index in [9.17, 15) is 5.11 Å². The first-order valence-electron chi connectivity index (χ1n) is 4.04. The van der Waals surface area contributed by atoms with Gasteiger partial charge in [-0.25, -0.2) is 0 Å². The molecule has 3 heteroatoms. The minimum atomic E-state index is 0.170. The van der Waals surface area contributed by atoms with Crippen molar-refractivity contribution in [1.29, 1.82) is 0 Å². The van der Waals surface area contributed by atoms with Crippen molar-refractivity contribution < 1.29 is 5.11 Å². The minimum absolute atomic E-state index is 0.170. The van der Waals surface area contributed by atoms with Crippen LogP contribution >= 0.6 is 0 Å². The van der Waals surface area contributed by atoms with Crippen molar-refractivity contribution in [3.8, 4) is 5.88 Å². The molecule has 1 rings (SSSR count). The van der Waals surface area contributed by atoms with Crippen LogP contribution in [0, 0.1) is 0 Å². The topological polar surface area (TPSA) is 48.9 Å². The summed E-state index contributed by atoms with van der Waals surface area (Å²) in [5.41, 5.74) is 0.865. The average Bonchev–Trinajstić information content (AvgIpc) is 2.33. The fraction of sp³-hybridized carbons (Fsp3) is 0.625. The fourth-order valence-corrected chi connectivity index (χ4v) is 1.05. The summed E-state index contributed by atoms with van der Waals surface area (Å²) in [6, 6.07) is 0. The van der Waals surface area contributed by atoms with E-state index >= 15 is 0 Å². The van der Waals surface area contributed by atoms with Crippen molar-refractivity contribution >= 4 is 0 Å². The highest BCUT2D eigenvalue weighted by Gasteiger charge is 2.05. The normalized spacial score (nSPS) is 10.4. The summed E-state index contributed by atoms with van der Waals surface area (Å²) < 4.78 is 0. The van der Waals surface area contributed by atoms with E-state index in [-0.39, 0.29) is 5.88 Å². The third-order valence-corrected chi connectivity index (χ3v) is 1.64. The largest absolute Gasteiger partial charge is 0.492 e. The molecule has 0 unspecified atom stereocenters. The van der Waals surface area contributed by atoms with Gasteiger partial charge in [-0.1, -0.05) is 20.3 Å². The van der Waals surface area contributed by atoms with Crippen molar-refractivity contribution in [1.82, 2.24) is 9.97 Å². The fourth-order valence-electron chi connectivity index (χ4n) is 1.05. The average molecular weight is 154 g/mol. The lowest BCUT2D eigenvalue weighted by atomic mass is 10.3. The first-order chi connectivity index (χ1) is 5.27. The molecular weight excluding hydrogens is 140 g/mol. The molecule has 62 valence electrons. The standard InChI is InChI=1S/C8H14N2O/c1-3-5-6-8(11)10-7(4-2)9-6/h11H,3-5H2,1-2H3,(H,9,10). The lowest BCUT2D eigenvalue weighted by Gasteiger charge is -1.91. The SMILES string of the molecule is CCCc1[nH]c(CC)nc1O. The number of rotatable bonds is 3. The maximum atomic E-state index is 9.25. The van der Waals surface area contributed by atoms with Crippen LogP contribution in [0.3, 0.4) is 0 Å². The molecule has 1 aromatic rings. The zero-order valence-electron chi connectivity index (χ0n) is 7.02. The van der Waals surface area contributed by atoms with Gasteiger partial charge in [-0.3, -0.25) is 0 Å². The summed E-state index contributed by atoms with van der Waals surface area (Å²) in [6.45, 7) is 4.08. The molecule has 0 aliphatic heterocycles. The van der Waals surface area contributed by atoms with Crippen LogP contribution in [0.4, 0.5) is 0 Å². The second-order valence-electron chi connectivity index (χ2n) is 2.59. The van der Waals surface area contributed by atoms with Gasteiger partial charge in [-0.2, -0.15) is 4.98 Å². The molecule has 0 saturated heterocycles. The van der Waals surface area contributed by atoms with Crippen molar-refractivity contribution in [2.75, 3.05) is 0 Å². The number of nitrogens with zero attached hydrogens (tertiary/aromatic N) is 1. The molecular formula is C8H14N2O. The van der Waals surface area contributed by atoms with Gasteiger partial charge in [0.25, 0.3) is 0 Å². The monoisotopic (exact) mass is 154 g/mol. The highest BCUT2D eigenvalue weighted by Crippen LogP contribution is 2.14. The predicted molar refractivity (Wildman–Crippen MR) is 43.6 cm³/mol. The second-order valence-corrected chi connectivity index (χ2v) is 2.59. The van der Waals surface area contributed by atoms with Gasteiger partial charge in [-0.15, -0.1) is 0 Å². The van der Waals surface area contributed by atoms with E-state index in [0.29, 0.717) is 0 Å². The van der Waals surface area contributed by atoms with Gasteiger partial charge in [0.1, 0.15) is 5.82 Å². The molecule has 0 atom stereocenters. The Morgan fingerprint density at radius 3 is 2.64 bits per heavy atom. The van der Waals surface area contributed by atoms with Crippen molar-refractivity contribution in [3.63, 3.8) is 0 Å². The quantitative estimate of drug-likeness (QED) is 0.695. The molecule has 0 radical (unpaired) electrons. The number of H-pyrrole nitrogens is 1. The van der Waals surface area contributed by atoms with Crippen molar-refractivity contribution in [3.05, 3.63) is 11.5 Å². The number of hydrogen-bond donors (Lipinski definition) is 2. The molecule has 1 aromatic heterocycles. The van der Waals surface area contributed by atoms with Crippen LogP contribution in [0.25, 0.3) is 0 Å². The van der Waals surface area contributed by atoms with Crippen LogP contribution in [-0.2, 0) is 12.8 Å². The molecule has 11 heavy (non-hydrogen) atoms. The van der Waals surface area contributed by atoms with E-state index in [2.05, 4.69) is 16.9 Å². The number of imidazole rings is 1. The zero-order chi connectivity index (χ0) is 8.27. The highest BCUT2D eigenvalue weighted by molar-refractivity contribution is 5.19. The molecule has 0 aromatic carbocycles. The van der Waals surface area contributed by atoms with Crippen LogP contribution in [0.5, 0.6) is 5.88 Å². The third-order valence-electron chi connectivity index (χ3n) is 1.64. The maximum absolute atomic E-state index is 9.25. The molecule has 0 aliphatic rings. The van der Waals surface area contributed by atoms with E-state index in [1.807, 2.05) is 6.92 Å². The summed E-state index contributed by atoms with van der Waals surface area (Å²) in [5, 5.41) is 9.25. The number of aryl methyl sites for hydroxylation is 2. The number of nitrogens with one attached hydrogen (secondary N) is 1. The van der Waals surface area contributed by atoms with Gasteiger partial charge in [0.2, 0.25) is 5.88 Å². The lowest BCUT2D eigenvalue weighted by Crippen LogP contribution is -1.85.